The van der Waals surface area contributed by atoms with E-state index in [4.69, 9.17) is 0 Å². The highest BCUT2D eigenvalue weighted by Crippen LogP contribution is 2.47. The minimum atomic E-state index is 1.07. The minimum Gasteiger partial charge on any atom is -0.309 e. The zero-order valence-corrected chi connectivity index (χ0v) is 31.2. The number of benzene rings is 9. The highest BCUT2D eigenvalue weighted by atomic mass is 15.0. The van der Waals surface area contributed by atoms with Crippen molar-refractivity contribution in [1.29, 1.82) is 0 Å². The van der Waals surface area contributed by atoms with Gasteiger partial charge in [-0.3, -0.25) is 4.98 Å². The lowest BCUT2D eigenvalue weighted by atomic mass is 9.83. The van der Waals surface area contributed by atoms with Gasteiger partial charge in [-0.05, 0) is 125 Å². The molecule has 11 aromatic rings. The van der Waals surface area contributed by atoms with E-state index in [-0.39, 0.29) is 0 Å². The topological polar surface area (TPSA) is 17.8 Å². The summed E-state index contributed by atoms with van der Waals surface area (Å²) >= 11 is 0. The van der Waals surface area contributed by atoms with Gasteiger partial charge in [0.2, 0.25) is 0 Å². The number of fused-ring (bicyclic) bond motifs is 7. The molecule has 0 aliphatic heterocycles. The van der Waals surface area contributed by atoms with Crippen molar-refractivity contribution in [3.05, 3.63) is 194 Å². The molecule has 9 aromatic carbocycles. The van der Waals surface area contributed by atoms with Gasteiger partial charge in [0.25, 0.3) is 0 Å². The zero-order chi connectivity index (χ0) is 37.2. The molecule has 0 fully saturated rings. The number of hydrogen-bond acceptors (Lipinski definition) is 1. The Morgan fingerprint density at radius 2 is 1.05 bits per heavy atom. The summed E-state index contributed by atoms with van der Waals surface area (Å²) < 4.78 is 2.40. The van der Waals surface area contributed by atoms with E-state index < -0.39 is 0 Å². The molecule has 0 bridgehead atoms. The highest BCUT2D eigenvalue weighted by Gasteiger charge is 2.20. The Morgan fingerprint density at radius 1 is 0.429 bits per heavy atom. The molecule has 0 N–H and O–H groups in total. The van der Waals surface area contributed by atoms with Crippen LogP contribution in [0.25, 0.3) is 104 Å². The molecule has 2 heteroatoms. The third-order valence-corrected chi connectivity index (χ3v) is 11.7. The van der Waals surface area contributed by atoms with E-state index in [9.17, 15) is 0 Å². The van der Waals surface area contributed by atoms with Gasteiger partial charge in [0.15, 0.2) is 0 Å². The van der Waals surface area contributed by atoms with E-state index in [1.54, 1.807) is 0 Å². The largest absolute Gasteiger partial charge is 0.309 e. The molecule has 0 unspecified atom stereocenters. The van der Waals surface area contributed by atoms with Crippen LogP contribution in [0.4, 0.5) is 0 Å². The Bertz CT molecular complexity index is 3270. The molecular formula is C54H38N2. The number of rotatable bonds is 6. The Morgan fingerprint density at radius 3 is 1.80 bits per heavy atom. The summed E-state index contributed by atoms with van der Waals surface area (Å²) in [6, 6.07) is 65.2. The molecule has 0 spiro atoms. The van der Waals surface area contributed by atoms with E-state index in [1.165, 1.54) is 104 Å². The summed E-state index contributed by atoms with van der Waals surface area (Å²) in [7, 11) is 0. The van der Waals surface area contributed by atoms with Crippen LogP contribution in [-0.4, -0.2) is 9.55 Å². The van der Waals surface area contributed by atoms with Gasteiger partial charge in [0, 0.05) is 28.9 Å². The molecule has 11 rings (SSSR count). The summed E-state index contributed by atoms with van der Waals surface area (Å²) in [5.41, 5.74) is 12.4. The predicted octanol–water partition coefficient (Wildman–Crippen LogP) is 14.7. The molecule has 0 radical (unpaired) electrons. The van der Waals surface area contributed by atoms with Crippen molar-refractivity contribution < 1.29 is 0 Å². The zero-order valence-electron chi connectivity index (χ0n) is 31.2. The number of hydrogen-bond donors (Lipinski definition) is 0. The standard InChI is InChI=1S/C54H38N2/c1-2-12-35-13-11-16-40(31-35)56-51-28-25-38(33-49(51)50-34-55-30-29-52(50)56)41-26-27-48(43-18-6-5-17-42(41)43)54-46-21-9-7-19-44(46)53(45-20-8-10-22-47(45)54)39-24-23-36-14-3-4-15-37(36)32-39/h3-11,13-34H,2,12H2,1H3. The summed E-state index contributed by atoms with van der Waals surface area (Å²) in [6.07, 6.45) is 6.12. The molecule has 264 valence electrons. The lowest BCUT2D eigenvalue weighted by Crippen LogP contribution is -1.95. The lowest BCUT2D eigenvalue weighted by Gasteiger charge is -2.20. The van der Waals surface area contributed by atoms with Gasteiger partial charge in [-0.1, -0.05) is 153 Å². The van der Waals surface area contributed by atoms with Crippen LogP contribution in [-0.2, 0) is 6.42 Å². The Labute approximate surface area is 325 Å². The van der Waals surface area contributed by atoms with E-state index in [0.717, 1.165) is 18.2 Å². The van der Waals surface area contributed by atoms with Crippen LogP contribution in [0.5, 0.6) is 0 Å². The Kier molecular flexibility index (Phi) is 7.57. The normalized spacial score (nSPS) is 11.8. The SMILES string of the molecule is CCCc1cccc(-n2c3ccncc3c3cc(-c4ccc(-c5c6ccccc6c(-c6ccc7ccccc7c6)c6ccccc56)c5ccccc45)ccc32)c1. The fraction of sp³-hybridized carbons (Fsp3) is 0.0556. The van der Waals surface area contributed by atoms with E-state index in [0.29, 0.717) is 0 Å². The molecule has 2 aromatic heterocycles. The molecule has 0 saturated carbocycles. The van der Waals surface area contributed by atoms with E-state index >= 15 is 0 Å². The van der Waals surface area contributed by atoms with E-state index in [1.807, 2.05) is 12.4 Å². The van der Waals surface area contributed by atoms with E-state index in [2.05, 4.69) is 192 Å². The van der Waals surface area contributed by atoms with Crippen molar-refractivity contribution in [3.63, 3.8) is 0 Å². The third kappa shape index (κ3) is 5.07. The van der Waals surface area contributed by atoms with Crippen LogP contribution in [0.1, 0.15) is 18.9 Å². The number of aromatic nitrogens is 2. The lowest BCUT2D eigenvalue weighted by molar-refractivity contribution is 0.919. The van der Waals surface area contributed by atoms with Crippen molar-refractivity contribution in [2.45, 2.75) is 19.8 Å². The van der Waals surface area contributed by atoms with Gasteiger partial charge in [-0.2, -0.15) is 0 Å². The second-order valence-electron chi connectivity index (χ2n) is 15.0. The molecule has 0 atom stereocenters. The summed E-state index contributed by atoms with van der Waals surface area (Å²) in [4.78, 5) is 4.59. The average Bonchev–Trinajstić information content (AvgIpc) is 3.59. The average molecular weight is 715 g/mol. The summed E-state index contributed by atoms with van der Waals surface area (Å²) in [6.45, 7) is 2.24. The smallest absolute Gasteiger partial charge is 0.0571 e. The predicted molar refractivity (Wildman–Crippen MR) is 239 cm³/mol. The maximum absolute atomic E-state index is 4.59. The second kappa shape index (κ2) is 13.1. The number of nitrogens with zero attached hydrogens (tertiary/aromatic N) is 2. The third-order valence-electron chi connectivity index (χ3n) is 11.7. The maximum atomic E-state index is 4.59. The molecular weight excluding hydrogens is 677 g/mol. The summed E-state index contributed by atoms with van der Waals surface area (Å²) in [5.74, 6) is 0. The van der Waals surface area contributed by atoms with Crippen LogP contribution in [0, 0.1) is 0 Å². The van der Waals surface area contributed by atoms with Crippen molar-refractivity contribution in [1.82, 2.24) is 9.55 Å². The van der Waals surface area contributed by atoms with Crippen molar-refractivity contribution in [2.75, 3.05) is 0 Å². The first-order valence-corrected chi connectivity index (χ1v) is 19.7. The molecule has 0 aliphatic rings. The van der Waals surface area contributed by atoms with Gasteiger partial charge < -0.3 is 4.57 Å². The van der Waals surface area contributed by atoms with Crippen LogP contribution in [0.15, 0.2) is 188 Å². The van der Waals surface area contributed by atoms with Crippen molar-refractivity contribution in [3.8, 4) is 39.1 Å². The second-order valence-corrected chi connectivity index (χ2v) is 15.0. The number of pyridine rings is 1. The quantitative estimate of drug-likeness (QED) is 0.157. The van der Waals surface area contributed by atoms with Gasteiger partial charge in [0.05, 0.1) is 11.0 Å². The van der Waals surface area contributed by atoms with Gasteiger partial charge in [-0.15, -0.1) is 0 Å². The van der Waals surface area contributed by atoms with Crippen LogP contribution >= 0.6 is 0 Å². The van der Waals surface area contributed by atoms with Crippen molar-refractivity contribution >= 4 is 64.9 Å². The molecule has 56 heavy (non-hydrogen) atoms. The number of aryl methyl sites for hydroxylation is 1. The fourth-order valence-corrected chi connectivity index (χ4v) is 9.29. The molecule has 0 amide bonds. The minimum absolute atomic E-state index is 1.07. The van der Waals surface area contributed by atoms with Crippen molar-refractivity contribution in [2.24, 2.45) is 0 Å². The Hall–Kier alpha value is -7.03. The van der Waals surface area contributed by atoms with Crippen LogP contribution in [0.2, 0.25) is 0 Å². The van der Waals surface area contributed by atoms with Gasteiger partial charge >= 0.3 is 0 Å². The molecule has 2 heterocycles. The summed E-state index contributed by atoms with van der Waals surface area (Å²) in [5, 5.41) is 12.4. The maximum Gasteiger partial charge on any atom is 0.0571 e. The molecule has 0 saturated heterocycles. The highest BCUT2D eigenvalue weighted by molar-refractivity contribution is 6.24. The van der Waals surface area contributed by atoms with Gasteiger partial charge in [-0.25, -0.2) is 0 Å². The van der Waals surface area contributed by atoms with Gasteiger partial charge in [0.1, 0.15) is 0 Å². The Balaban J connectivity index is 1.12. The fourth-order valence-electron chi connectivity index (χ4n) is 9.29. The molecule has 0 aliphatic carbocycles. The first kappa shape index (κ1) is 32.4. The van der Waals surface area contributed by atoms with Crippen LogP contribution < -0.4 is 0 Å². The van der Waals surface area contributed by atoms with Crippen LogP contribution in [0.3, 0.4) is 0 Å². The first-order valence-electron chi connectivity index (χ1n) is 19.7. The first-order chi connectivity index (χ1) is 27.7. The molecule has 2 nitrogen and oxygen atoms in total. The monoisotopic (exact) mass is 714 g/mol.